The Morgan fingerprint density at radius 2 is 1.92 bits per heavy atom. The molecule has 0 fully saturated rings. The molecule has 1 aromatic heterocycles. The van der Waals surface area contributed by atoms with E-state index in [1.54, 1.807) is 37.4 Å². The van der Waals surface area contributed by atoms with Gasteiger partial charge in [0, 0.05) is 0 Å². The Kier molecular flexibility index (Phi) is 4.85. The normalized spacial score (nSPS) is 11.9. The molecule has 0 radical (unpaired) electrons. The highest BCUT2D eigenvalue weighted by Gasteiger charge is 2.17. The first-order valence-electron chi connectivity index (χ1n) is 7.19. The molecule has 1 unspecified atom stereocenters. The molecule has 1 atom stereocenters. The number of rotatable bonds is 6. The summed E-state index contributed by atoms with van der Waals surface area (Å²) in [6, 6.07) is 11.3. The molecule has 128 valence electrons. The molecule has 25 heavy (non-hydrogen) atoms. The number of tetrazole rings is 1. The maximum atomic E-state index is 11.4. The minimum atomic E-state index is -0.639. The molecule has 3 rings (SSSR count). The number of nitrogens with zero attached hydrogens (tertiary/aromatic N) is 4. The summed E-state index contributed by atoms with van der Waals surface area (Å²) in [5, 5.41) is 30.7. The minimum absolute atomic E-state index is 0.248. The zero-order chi connectivity index (χ0) is 17.8. The van der Waals surface area contributed by atoms with Crippen LogP contribution >= 0.6 is 11.8 Å². The van der Waals surface area contributed by atoms with E-state index in [-0.39, 0.29) is 11.5 Å². The summed E-state index contributed by atoms with van der Waals surface area (Å²) in [6.07, 6.45) is 0.713. The molecule has 0 amide bonds. The van der Waals surface area contributed by atoms with Crippen LogP contribution in [0.15, 0.2) is 47.6 Å². The van der Waals surface area contributed by atoms with Gasteiger partial charge in [0.1, 0.15) is 12.0 Å². The molecule has 3 aromatic rings. The van der Waals surface area contributed by atoms with Crippen molar-refractivity contribution in [2.75, 3.05) is 7.11 Å². The molecule has 8 nitrogen and oxygen atoms in total. The highest BCUT2D eigenvalue weighted by atomic mass is 32.2. The van der Waals surface area contributed by atoms with Crippen LogP contribution in [0.5, 0.6) is 17.2 Å². The standard InChI is InChI=1S/C16H14N4O4S/c1-24-12-5-3-11(4-6-12)20-18-16(17-19-20)25-15(9-21)10-2-7-13(22)14(23)8-10/h2-9,15,22-23H,1H3. The lowest BCUT2D eigenvalue weighted by atomic mass is 10.1. The Morgan fingerprint density at radius 1 is 1.16 bits per heavy atom. The average Bonchev–Trinajstić information content (AvgIpc) is 3.11. The van der Waals surface area contributed by atoms with Crippen LogP contribution in [-0.4, -0.2) is 43.8 Å². The van der Waals surface area contributed by atoms with Crippen molar-refractivity contribution in [3.05, 3.63) is 48.0 Å². The van der Waals surface area contributed by atoms with Crippen molar-refractivity contribution in [3.63, 3.8) is 0 Å². The third kappa shape index (κ3) is 3.72. The minimum Gasteiger partial charge on any atom is -0.504 e. The van der Waals surface area contributed by atoms with Crippen LogP contribution in [0, 0.1) is 0 Å². The third-order valence-electron chi connectivity index (χ3n) is 3.38. The second kappa shape index (κ2) is 7.22. The molecule has 0 spiro atoms. The summed E-state index contributed by atoms with van der Waals surface area (Å²) in [5.41, 5.74) is 1.22. The molecule has 1 heterocycles. The number of aldehydes is 1. The van der Waals surface area contributed by atoms with Crippen molar-refractivity contribution in [2.45, 2.75) is 10.4 Å². The van der Waals surface area contributed by atoms with Gasteiger partial charge in [-0.1, -0.05) is 17.8 Å². The number of phenolic OH excluding ortho intramolecular Hbond substituents is 2. The molecule has 0 aliphatic heterocycles. The Balaban J connectivity index is 1.78. The topological polar surface area (TPSA) is 110 Å². The smallest absolute Gasteiger partial charge is 0.232 e. The average molecular weight is 358 g/mol. The molecule has 0 aliphatic rings. The monoisotopic (exact) mass is 358 g/mol. The van der Waals surface area contributed by atoms with Crippen LogP contribution < -0.4 is 4.74 Å². The van der Waals surface area contributed by atoms with E-state index in [9.17, 15) is 15.0 Å². The number of aromatic hydroxyl groups is 2. The quantitative estimate of drug-likeness (QED) is 0.392. The van der Waals surface area contributed by atoms with E-state index in [2.05, 4.69) is 15.4 Å². The van der Waals surface area contributed by atoms with Gasteiger partial charge in [0.25, 0.3) is 0 Å². The van der Waals surface area contributed by atoms with Crippen molar-refractivity contribution >= 4 is 18.0 Å². The Labute approximate surface area is 147 Å². The molecular weight excluding hydrogens is 344 g/mol. The third-order valence-corrected chi connectivity index (χ3v) is 4.39. The van der Waals surface area contributed by atoms with Crippen LogP contribution in [0.1, 0.15) is 10.8 Å². The molecule has 0 saturated carbocycles. The van der Waals surface area contributed by atoms with E-state index in [0.29, 0.717) is 28.4 Å². The van der Waals surface area contributed by atoms with Crippen LogP contribution in [0.2, 0.25) is 0 Å². The maximum Gasteiger partial charge on any atom is 0.232 e. The highest BCUT2D eigenvalue weighted by molar-refractivity contribution is 8.00. The van der Waals surface area contributed by atoms with Gasteiger partial charge in [0.15, 0.2) is 11.5 Å². The lowest BCUT2D eigenvalue weighted by molar-refractivity contribution is -0.107. The Bertz CT molecular complexity index is 882. The first kappa shape index (κ1) is 16.8. The van der Waals surface area contributed by atoms with Crippen molar-refractivity contribution < 1.29 is 19.7 Å². The van der Waals surface area contributed by atoms with Gasteiger partial charge in [-0.15, -0.1) is 15.0 Å². The largest absolute Gasteiger partial charge is 0.504 e. The summed E-state index contributed by atoms with van der Waals surface area (Å²) in [7, 11) is 1.58. The summed E-state index contributed by atoms with van der Waals surface area (Å²) < 4.78 is 5.10. The van der Waals surface area contributed by atoms with E-state index >= 15 is 0 Å². The second-order valence-corrected chi connectivity index (χ2v) is 6.09. The fourth-order valence-electron chi connectivity index (χ4n) is 2.08. The second-order valence-electron chi connectivity index (χ2n) is 4.98. The fraction of sp³-hybridized carbons (Fsp3) is 0.125. The number of carbonyl (C=O) groups excluding carboxylic acids is 1. The highest BCUT2D eigenvalue weighted by Crippen LogP contribution is 2.35. The van der Waals surface area contributed by atoms with E-state index in [0.717, 1.165) is 11.8 Å². The number of aromatic nitrogens is 4. The zero-order valence-corrected chi connectivity index (χ0v) is 13.9. The summed E-state index contributed by atoms with van der Waals surface area (Å²) >= 11 is 1.09. The van der Waals surface area contributed by atoms with Gasteiger partial charge in [0.05, 0.1) is 18.0 Å². The predicted octanol–water partition coefficient (Wildman–Crippen LogP) is 2.11. The number of hydrogen-bond acceptors (Lipinski definition) is 8. The Morgan fingerprint density at radius 3 is 2.56 bits per heavy atom. The number of methoxy groups -OCH3 is 1. The van der Waals surface area contributed by atoms with Crippen LogP contribution in [0.25, 0.3) is 5.69 Å². The zero-order valence-electron chi connectivity index (χ0n) is 13.1. The molecular formula is C16H14N4O4S. The van der Waals surface area contributed by atoms with Crippen molar-refractivity contribution in [1.82, 2.24) is 20.2 Å². The first-order chi connectivity index (χ1) is 12.1. The van der Waals surface area contributed by atoms with E-state index in [1.165, 1.54) is 16.9 Å². The van der Waals surface area contributed by atoms with E-state index in [4.69, 9.17) is 4.74 Å². The lowest BCUT2D eigenvalue weighted by Crippen LogP contribution is -1.99. The maximum absolute atomic E-state index is 11.4. The number of hydrogen-bond donors (Lipinski definition) is 2. The van der Waals surface area contributed by atoms with Crippen LogP contribution in [-0.2, 0) is 4.79 Å². The van der Waals surface area contributed by atoms with Crippen LogP contribution in [0.4, 0.5) is 0 Å². The molecule has 9 heteroatoms. The summed E-state index contributed by atoms with van der Waals surface area (Å²) in [4.78, 5) is 12.7. The molecule has 2 N–H and O–H groups in total. The lowest BCUT2D eigenvalue weighted by Gasteiger charge is -2.08. The van der Waals surface area contributed by atoms with E-state index < -0.39 is 5.25 Å². The molecule has 0 bridgehead atoms. The molecule has 2 aromatic carbocycles. The number of benzene rings is 2. The van der Waals surface area contributed by atoms with Crippen molar-refractivity contribution in [3.8, 4) is 22.9 Å². The van der Waals surface area contributed by atoms with Gasteiger partial charge < -0.3 is 19.7 Å². The van der Waals surface area contributed by atoms with Gasteiger partial charge in [-0.25, -0.2) is 0 Å². The van der Waals surface area contributed by atoms with Crippen molar-refractivity contribution in [1.29, 1.82) is 0 Å². The molecule has 0 saturated heterocycles. The van der Waals surface area contributed by atoms with E-state index in [1.807, 2.05) is 0 Å². The number of ether oxygens (including phenoxy) is 1. The summed E-state index contributed by atoms with van der Waals surface area (Å²) in [5.74, 6) is 0.174. The molecule has 0 aliphatic carbocycles. The number of carbonyl (C=O) groups is 1. The van der Waals surface area contributed by atoms with Gasteiger partial charge in [-0.2, -0.15) is 0 Å². The first-order valence-corrected chi connectivity index (χ1v) is 8.07. The van der Waals surface area contributed by atoms with Gasteiger partial charge in [0.2, 0.25) is 5.16 Å². The Hall–Kier alpha value is -3.07. The number of phenols is 2. The predicted molar refractivity (Wildman–Crippen MR) is 90.1 cm³/mol. The number of thioether (sulfide) groups is 1. The SMILES string of the molecule is COc1ccc(-n2nnc(SC(C=O)c3ccc(O)c(O)c3)n2)cc1. The van der Waals surface area contributed by atoms with Crippen molar-refractivity contribution in [2.24, 2.45) is 0 Å². The summed E-state index contributed by atoms with van der Waals surface area (Å²) in [6.45, 7) is 0. The van der Waals surface area contributed by atoms with Gasteiger partial charge in [-0.3, -0.25) is 0 Å². The van der Waals surface area contributed by atoms with Crippen LogP contribution in [0.3, 0.4) is 0 Å². The van der Waals surface area contributed by atoms with Gasteiger partial charge >= 0.3 is 0 Å². The van der Waals surface area contributed by atoms with Gasteiger partial charge in [-0.05, 0) is 47.2 Å². The fourth-order valence-corrected chi connectivity index (χ4v) is 2.85.